The van der Waals surface area contributed by atoms with E-state index in [1.54, 1.807) is 0 Å². The minimum absolute atomic E-state index is 0.193. The van der Waals surface area contributed by atoms with Gasteiger partial charge in [-0.3, -0.25) is 4.79 Å². The fraction of sp³-hybridized carbons (Fsp3) is 0.364. The Bertz CT molecular complexity index is 495. The molecule has 0 bridgehead atoms. The van der Waals surface area contributed by atoms with E-state index in [1.807, 2.05) is 0 Å². The van der Waals surface area contributed by atoms with Crippen LogP contribution in [0.3, 0.4) is 0 Å². The number of amides is 1. The lowest BCUT2D eigenvalue weighted by molar-refractivity contribution is -0.272. The van der Waals surface area contributed by atoms with Crippen molar-refractivity contribution < 1.29 is 36.2 Å². The second-order valence-corrected chi connectivity index (χ2v) is 4.01. The van der Waals surface area contributed by atoms with E-state index in [-0.39, 0.29) is 17.0 Å². The Morgan fingerprint density at radius 2 is 1.65 bits per heavy atom. The van der Waals surface area contributed by atoms with E-state index in [4.69, 9.17) is 0 Å². The van der Waals surface area contributed by atoms with Gasteiger partial charge >= 0.3 is 12.4 Å². The van der Waals surface area contributed by atoms with Gasteiger partial charge in [0.25, 0.3) is 0 Å². The summed E-state index contributed by atoms with van der Waals surface area (Å²) in [7, 11) is 0. The van der Waals surface area contributed by atoms with Gasteiger partial charge in [0.05, 0.1) is 0 Å². The van der Waals surface area contributed by atoms with Crippen LogP contribution in [-0.2, 0) is 4.79 Å². The summed E-state index contributed by atoms with van der Waals surface area (Å²) in [5.74, 6) is -6.54. The third kappa shape index (κ3) is 3.78. The molecule has 1 rings (SSSR count). The van der Waals surface area contributed by atoms with E-state index in [0.717, 1.165) is 18.2 Å². The number of alkyl halides is 6. The van der Waals surface area contributed by atoms with Gasteiger partial charge in [-0.1, -0.05) is 0 Å². The van der Waals surface area contributed by atoms with Crippen molar-refractivity contribution in [2.75, 3.05) is 5.32 Å². The van der Waals surface area contributed by atoms with Crippen LogP contribution in [0.1, 0.15) is 5.56 Å². The highest BCUT2D eigenvalue weighted by Crippen LogP contribution is 2.40. The van der Waals surface area contributed by atoms with Gasteiger partial charge in [0.15, 0.2) is 0 Å². The molecule has 1 aromatic carbocycles. The van der Waals surface area contributed by atoms with E-state index in [0.29, 0.717) is 0 Å². The minimum atomic E-state index is -5.74. The van der Waals surface area contributed by atoms with Gasteiger partial charge in [0.1, 0.15) is 5.75 Å². The van der Waals surface area contributed by atoms with Gasteiger partial charge in [-0.2, -0.15) is 26.3 Å². The second kappa shape index (κ2) is 5.22. The molecule has 0 spiro atoms. The molecule has 1 amide bonds. The number of phenolic OH excluding ortho intramolecular Hbond substituents is 1. The second-order valence-electron chi connectivity index (χ2n) is 4.01. The van der Waals surface area contributed by atoms with Gasteiger partial charge < -0.3 is 10.4 Å². The van der Waals surface area contributed by atoms with Crippen molar-refractivity contribution in [3.63, 3.8) is 0 Å². The van der Waals surface area contributed by atoms with Crippen LogP contribution in [0.2, 0.25) is 0 Å². The highest BCUT2D eigenvalue weighted by atomic mass is 19.4. The standard InChI is InChI=1S/C11H9F6NO2/c1-5-4-6(2-3-7(5)19)18-9(20)8(10(12,13)14)11(15,16)17/h2-4,8,19H,1H3,(H,18,20). The summed E-state index contributed by atoms with van der Waals surface area (Å²) in [6.45, 7) is 1.37. The zero-order chi connectivity index (χ0) is 15.7. The van der Waals surface area contributed by atoms with Gasteiger partial charge in [0, 0.05) is 5.69 Å². The number of aryl methyl sites for hydroxylation is 1. The third-order valence-electron chi connectivity index (χ3n) is 2.38. The Kier molecular flexibility index (Phi) is 4.21. The van der Waals surface area contributed by atoms with E-state index in [2.05, 4.69) is 0 Å². The van der Waals surface area contributed by atoms with Crippen LogP contribution in [0.15, 0.2) is 18.2 Å². The van der Waals surface area contributed by atoms with Crippen LogP contribution in [-0.4, -0.2) is 23.4 Å². The molecule has 0 saturated heterocycles. The molecule has 9 heteroatoms. The molecule has 0 aliphatic carbocycles. The normalized spacial score (nSPS) is 12.6. The lowest BCUT2D eigenvalue weighted by atomic mass is 10.1. The monoisotopic (exact) mass is 301 g/mol. The van der Waals surface area contributed by atoms with Gasteiger partial charge in [0.2, 0.25) is 11.8 Å². The van der Waals surface area contributed by atoms with E-state index < -0.39 is 24.2 Å². The first kappa shape index (κ1) is 16.1. The first-order chi connectivity index (χ1) is 8.93. The molecular weight excluding hydrogens is 292 g/mol. The maximum absolute atomic E-state index is 12.3. The maximum Gasteiger partial charge on any atom is 0.409 e. The number of carbonyl (C=O) groups excluding carboxylic acids is 1. The van der Waals surface area contributed by atoms with Crippen molar-refractivity contribution in [3.05, 3.63) is 23.8 Å². The van der Waals surface area contributed by atoms with Crippen molar-refractivity contribution in [2.45, 2.75) is 19.3 Å². The highest BCUT2D eigenvalue weighted by Gasteiger charge is 2.61. The van der Waals surface area contributed by atoms with Gasteiger partial charge in [-0.15, -0.1) is 0 Å². The number of hydrogen-bond acceptors (Lipinski definition) is 2. The third-order valence-corrected chi connectivity index (χ3v) is 2.38. The predicted molar refractivity (Wildman–Crippen MR) is 57.1 cm³/mol. The Labute approximate surface area is 109 Å². The lowest BCUT2D eigenvalue weighted by Crippen LogP contribution is -2.45. The van der Waals surface area contributed by atoms with Gasteiger partial charge in [-0.05, 0) is 30.7 Å². The maximum atomic E-state index is 12.3. The van der Waals surface area contributed by atoms with Crippen molar-refractivity contribution in [3.8, 4) is 5.75 Å². The smallest absolute Gasteiger partial charge is 0.409 e. The summed E-state index contributed by atoms with van der Waals surface area (Å²) in [6, 6.07) is 3.09. The van der Waals surface area contributed by atoms with Crippen LogP contribution in [0, 0.1) is 12.8 Å². The molecule has 0 fully saturated rings. The summed E-state index contributed by atoms with van der Waals surface area (Å²) in [5, 5.41) is 10.7. The molecule has 0 atom stereocenters. The van der Waals surface area contributed by atoms with Crippen molar-refractivity contribution >= 4 is 11.6 Å². The number of aromatic hydroxyl groups is 1. The summed E-state index contributed by atoms with van der Waals surface area (Å²) >= 11 is 0. The predicted octanol–water partition coefficient (Wildman–Crippen LogP) is 3.38. The summed E-state index contributed by atoms with van der Waals surface area (Å²) in [4.78, 5) is 11.2. The Hall–Kier alpha value is -1.93. The number of phenols is 1. The number of nitrogens with one attached hydrogen (secondary N) is 1. The van der Waals surface area contributed by atoms with Crippen LogP contribution >= 0.6 is 0 Å². The molecule has 20 heavy (non-hydrogen) atoms. The fourth-order valence-corrected chi connectivity index (χ4v) is 1.43. The molecule has 3 nitrogen and oxygen atoms in total. The SMILES string of the molecule is Cc1cc(NC(=O)C(C(F)(F)F)C(F)(F)F)ccc1O. The number of halogens is 6. The summed E-state index contributed by atoms with van der Waals surface area (Å²) < 4.78 is 73.8. The van der Waals surface area contributed by atoms with Crippen molar-refractivity contribution in [2.24, 2.45) is 5.92 Å². The number of anilines is 1. The molecule has 0 aromatic heterocycles. The zero-order valence-corrected chi connectivity index (χ0v) is 9.93. The van der Waals surface area contributed by atoms with Crippen molar-refractivity contribution in [1.82, 2.24) is 0 Å². The molecule has 0 unspecified atom stereocenters. The molecule has 0 aliphatic rings. The van der Waals surface area contributed by atoms with E-state index in [1.165, 1.54) is 12.2 Å². The molecule has 2 N–H and O–H groups in total. The van der Waals surface area contributed by atoms with E-state index in [9.17, 15) is 36.2 Å². The van der Waals surface area contributed by atoms with Crippen molar-refractivity contribution in [1.29, 1.82) is 0 Å². The number of benzene rings is 1. The molecule has 0 radical (unpaired) electrons. The number of rotatable bonds is 2. The zero-order valence-electron chi connectivity index (χ0n) is 9.93. The topological polar surface area (TPSA) is 49.3 Å². The Morgan fingerprint density at radius 3 is 2.05 bits per heavy atom. The molecule has 1 aromatic rings. The molecule has 112 valence electrons. The van der Waals surface area contributed by atoms with Crippen LogP contribution in [0.5, 0.6) is 5.75 Å². The minimum Gasteiger partial charge on any atom is -0.508 e. The Morgan fingerprint density at radius 1 is 1.15 bits per heavy atom. The van der Waals surface area contributed by atoms with Crippen LogP contribution in [0.25, 0.3) is 0 Å². The average Bonchev–Trinajstić information content (AvgIpc) is 2.18. The lowest BCUT2D eigenvalue weighted by Gasteiger charge is -2.22. The van der Waals surface area contributed by atoms with E-state index >= 15 is 0 Å². The first-order valence-corrected chi connectivity index (χ1v) is 5.17. The number of carbonyl (C=O) groups is 1. The highest BCUT2D eigenvalue weighted by molar-refractivity contribution is 5.93. The molecule has 0 saturated carbocycles. The molecule has 0 heterocycles. The van der Waals surface area contributed by atoms with Crippen LogP contribution in [0.4, 0.5) is 32.0 Å². The fourth-order valence-electron chi connectivity index (χ4n) is 1.43. The largest absolute Gasteiger partial charge is 0.508 e. The Balaban J connectivity index is 3.00. The number of hydrogen-bond donors (Lipinski definition) is 2. The quantitative estimate of drug-likeness (QED) is 0.650. The van der Waals surface area contributed by atoms with Crippen LogP contribution < -0.4 is 5.32 Å². The summed E-state index contributed by atoms with van der Waals surface area (Å²) in [5.41, 5.74) is -0.0813. The first-order valence-electron chi connectivity index (χ1n) is 5.17. The van der Waals surface area contributed by atoms with Gasteiger partial charge in [-0.25, -0.2) is 0 Å². The molecule has 0 aliphatic heterocycles. The average molecular weight is 301 g/mol. The molecular formula is C11H9F6NO2. The summed E-state index contributed by atoms with van der Waals surface area (Å²) in [6.07, 6.45) is -11.5.